The van der Waals surface area contributed by atoms with Crippen molar-refractivity contribution < 1.29 is 8.83 Å². The summed E-state index contributed by atoms with van der Waals surface area (Å²) in [4.78, 5) is 2.45. The highest BCUT2D eigenvalue weighted by Crippen LogP contribution is 2.64. The zero-order chi connectivity index (χ0) is 41.9. The first kappa shape index (κ1) is 35.2. The predicted octanol–water partition coefficient (Wildman–Crippen LogP) is 16.6. The highest BCUT2D eigenvalue weighted by Gasteiger charge is 2.52. The molecule has 0 N–H and O–H groups in total. The van der Waals surface area contributed by atoms with Crippen molar-refractivity contribution in [2.75, 3.05) is 4.90 Å². The molecule has 2 aliphatic carbocycles. The van der Waals surface area contributed by atoms with Gasteiger partial charge in [0.15, 0.2) is 0 Å². The molecular formula is C61H37NO2. The lowest BCUT2D eigenvalue weighted by Gasteiger charge is -2.31. The van der Waals surface area contributed by atoms with E-state index in [9.17, 15) is 0 Å². The van der Waals surface area contributed by atoms with Crippen LogP contribution in [-0.2, 0) is 5.41 Å². The fraction of sp³-hybridized carbons (Fsp3) is 0.0164. The van der Waals surface area contributed by atoms with E-state index in [1.807, 2.05) is 12.1 Å². The molecule has 1 spiro atoms. The van der Waals surface area contributed by atoms with Crippen molar-refractivity contribution in [2.24, 2.45) is 0 Å². The van der Waals surface area contributed by atoms with Crippen LogP contribution in [0.1, 0.15) is 22.3 Å². The van der Waals surface area contributed by atoms with Crippen LogP contribution >= 0.6 is 0 Å². The number of rotatable bonds is 5. The first-order valence-electron chi connectivity index (χ1n) is 22.0. The molecule has 0 radical (unpaired) electrons. The molecule has 14 rings (SSSR count). The maximum Gasteiger partial charge on any atom is 0.143 e. The summed E-state index contributed by atoms with van der Waals surface area (Å²) in [6, 6.07) is 81.5. The van der Waals surface area contributed by atoms with Gasteiger partial charge in [-0.05, 0) is 110 Å². The molecule has 2 heterocycles. The zero-order valence-electron chi connectivity index (χ0n) is 34.6. The van der Waals surface area contributed by atoms with E-state index in [1.165, 1.54) is 44.5 Å². The number of benzene rings is 10. The van der Waals surface area contributed by atoms with Gasteiger partial charge in [0, 0.05) is 44.0 Å². The third-order valence-electron chi connectivity index (χ3n) is 13.9. The number of anilines is 3. The van der Waals surface area contributed by atoms with E-state index in [4.69, 9.17) is 8.83 Å². The Labute approximate surface area is 369 Å². The van der Waals surface area contributed by atoms with Crippen molar-refractivity contribution >= 4 is 60.9 Å². The maximum absolute atomic E-state index is 6.55. The van der Waals surface area contributed by atoms with Crippen LogP contribution in [0, 0.1) is 0 Å². The molecule has 0 atom stereocenters. The topological polar surface area (TPSA) is 29.5 Å². The van der Waals surface area contributed by atoms with Gasteiger partial charge in [-0.3, -0.25) is 0 Å². The van der Waals surface area contributed by atoms with Crippen LogP contribution in [0.15, 0.2) is 233 Å². The van der Waals surface area contributed by atoms with Crippen LogP contribution in [0.4, 0.5) is 17.1 Å². The first-order valence-corrected chi connectivity index (χ1v) is 22.0. The third-order valence-corrected chi connectivity index (χ3v) is 13.9. The lowest BCUT2D eigenvalue weighted by Crippen LogP contribution is -2.26. The van der Waals surface area contributed by atoms with Gasteiger partial charge in [0.2, 0.25) is 0 Å². The summed E-state index contributed by atoms with van der Waals surface area (Å²) in [5.41, 5.74) is 21.3. The fourth-order valence-electron chi connectivity index (χ4n) is 11.2. The van der Waals surface area contributed by atoms with Crippen LogP contribution in [-0.4, -0.2) is 0 Å². The smallest absolute Gasteiger partial charge is 0.143 e. The summed E-state index contributed by atoms with van der Waals surface area (Å²) in [7, 11) is 0. The van der Waals surface area contributed by atoms with Gasteiger partial charge >= 0.3 is 0 Å². The van der Waals surface area contributed by atoms with Gasteiger partial charge in [-0.1, -0.05) is 170 Å². The quantitative estimate of drug-likeness (QED) is 0.173. The molecule has 0 saturated carbocycles. The summed E-state index contributed by atoms with van der Waals surface area (Å²) in [5.74, 6) is 0. The second-order valence-corrected chi connectivity index (χ2v) is 17.1. The molecule has 10 aromatic carbocycles. The molecule has 2 aromatic heterocycles. The summed E-state index contributed by atoms with van der Waals surface area (Å²) in [5, 5.41) is 4.43. The SMILES string of the molecule is c1ccc(-c2cccc3c2oc2ccc(-c4ccc(N(c5ccc6oc7ccccc7c6c5)c5cccc6c5-c5ccccc5C65c6ccccc6-c6ccccc65)cc4)cc23)cc1. The lowest BCUT2D eigenvalue weighted by molar-refractivity contribution is 0.669. The summed E-state index contributed by atoms with van der Waals surface area (Å²) in [6.45, 7) is 0. The molecule has 0 aliphatic heterocycles. The Hall–Kier alpha value is -8.40. The van der Waals surface area contributed by atoms with Gasteiger partial charge < -0.3 is 13.7 Å². The van der Waals surface area contributed by atoms with Gasteiger partial charge in [-0.25, -0.2) is 0 Å². The number of hydrogen-bond acceptors (Lipinski definition) is 3. The molecule has 3 heteroatoms. The molecule has 64 heavy (non-hydrogen) atoms. The normalized spacial score (nSPS) is 13.1. The Morgan fingerprint density at radius 2 is 0.859 bits per heavy atom. The zero-order valence-corrected chi connectivity index (χ0v) is 34.6. The van der Waals surface area contributed by atoms with Crippen molar-refractivity contribution in [3.05, 3.63) is 247 Å². The summed E-state index contributed by atoms with van der Waals surface area (Å²) >= 11 is 0. The first-order chi connectivity index (χ1) is 31.7. The molecule has 0 unspecified atom stereocenters. The minimum absolute atomic E-state index is 0.451. The average Bonchev–Trinajstić information content (AvgIpc) is 4.10. The third kappa shape index (κ3) is 4.81. The van der Waals surface area contributed by atoms with E-state index in [-0.39, 0.29) is 0 Å². The number of furan rings is 2. The molecule has 0 fully saturated rings. The van der Waals surface area contributed by atoms with Gasteiger partial charge in [-0.15, -0.1) is 0 Å². The molecular weight excluding hydrogens is 779 g/mol. The van der Waals surface area contributed by atoms with E-state index in [1.54, 1.807) is 0 Å². The lowest BCUT2D eigenvalue weighted by atomic mass is 9.70. The van der Waals surface area contributed by atoms with Crippen molar-refractivity contribution in [3.63, 3.8) is 0 Å². The maximum atomic E-state index is 6.55. The second-order valence-electron chi connectivity index (χ2n) is 17.1. The van der Waals surface area contributed by atoms with Crippen molar-refractivity contribution in [1.82, 2.24) is 0 Å². The van der Waals surface area contributed by atoms with Crippen molar-refractivity contribution in [3.8, 4) is 44.5 Å². The van der Waals surface area contributed by atoms with Gasteiger partial charge in [0.1, 0.15) is 22.3 Å². The number of nitrogens with zero attached hydrogens (tertiary/aromatic N) is 1. The largest absolute Gasteiger partial charge is 0.456 e. The Kier molecular flexibility index (Phi) is 7.32. The molecule has 0 bridgehead atoms. The summed E-state index contributed by atoms with van der Waals surface area (Å²) in [6.07, 6.45) is 0. The molecule has 3 nitrogen and oxygen atoms in total. The van der Waals surface area contributed by atoms with Crippen LogP contribution < -0.4 is 4.90 Å². The van der Waals surface area contributed by atoms with Crippen LogP contribution in [0.5, 0.6) is 0 Å². The van der Waals surface area contributed by atoms with Crippen molar-refractivity contribution in [1.29, 1.82) is 0 Å². The van der Waals surface area contributed by atoms with Crippen LogP contribution in [0.25, 0.3) is 88.4 Å². The Morgan fingerprint density at radius 3 is 1.66 bits per heavy atom. The predicted molar refractivity (Wildman–Crippen MR) is 263 cm³/mol. The molecule has 12 aromatic rings. The second kappa shape index (κ2) is 13.3. The Bertz CT molecular complexity index is 3810. The van der Waals surface area contributed by atoms with Crippen LogP contribution in [0.2, 0.25) is 0 Å². The Balaban J connectivity index is 0.964. The summed E-state index contributed by atoms with van der Waals surface area (Å²) < 4.78 is 12.9. The van der Waals surface area contributed by atoms with E-state index >= 15 is 0 Å². The van der Waals surface area contributed by atoms with Gasteiger partial charge in [0.05, 0.1) is 11.1 Å². The number of hydrogen-bond donors (Lipinski definition) is 0. The molecule has 0 amide bonds. The number of fused-ring (bicyclic) bond motifs is 16. The minimum atomic E-state index is -0.451. The van der Waals surface area contributed by atoms with Gasteiger partial charge in [-0.2, -0.15) is 0 Å². The Morgan fingerprint density at radius 1 is 0.312 bits per heavy atom. The minimum Gasteiger partial charge on any atom is -0.456 e. The molecule has 2 aliphatic rings. The van der Waals surface area contributed by atoms with Gasteiger partial charge in [0.25, 0.3) is 0 Å². The monoisotopic (exact) mass is 815 g/mol. The highest BCUT2D eigenvalue weighted by molar-refractivity contribution is 6.11. The van der Waals surface area contributed by atoms with E-state index in [0.717, 1.165) is 83.2 Å². The number of para-hydroxylation sites is 2. The van der Waals surface area contributed by atoms with E-state index < -0.39 is 5.41 Å². The molecule has 0 saturated heterocycles. The van der Waals surface area contributed by atoms with E-state index in [2.05, 4.69) is 217 Å². The van der Waals surface area contributed by atoms with Crippen molar-refractivity contribution in [2.45, 2.75) is 5.41 Å². The fourth-order valence-corrected chi connectivity index (χ4v) is 11.2. The van der Waals surface area contributed by atoms with Crippen LogP contribution in [0.3, 0.4) is 0 Å². The molecule has 298 valence electrons. The highest BCUT2D eigenvalue weighted by atomic mass is 16.3. The van der Waals surface area contributed by atoms with E-state index in [0.29, 0.717) is 0 Å². The average molecular weight is 816 g/mol. The standard InChI is InChI=1S/C61H37NO2/c1-2-14-39(15-3-1)43-20-12-21-47-49-36-40(30-34-58(49)64-60(43)47)38-28-31-41(32-29-38)62(42-33-35-57-50(37-42)46-18-7-11-27-56(46)63-57)55-26-13-25-54-59(55)48-19-6-10-24-53(48)61(54)51-22-8-4-16-44(51)45-17-5-9-23-52(45)61/h1-37H.